The molecular formula is C19H18FN5O. The number of aromatic nitrogens is 4. The average molecular weight is 351 g/mol. The fourth-order valence-electron chi connectivity index (χ4n) is 3.03. The molecule has 0 saturated heterocycles. The van der Waals surface area contributed by atoms with E-state index in [9.17, 15) is 9.50 Å². The Bertz CT molecular complexity index is 1110. The SMILES string of the molecule is Cc1ccc(-c2nn(C)c(-c3nc4cc(F)c(CN)cc4[nH]3)c2O)cc1. The van der Waals surface area contributed by atoms with Crippen molar-refractivity contribution in [2.45, 2.75) is 13.5 Å². The molecule has 0 spiro atoms. The van der Waals surface area contributed by atoms with Gasteiger partial charge in [0.05, 0.1) is 11.0 Å². The molecule has 0 amide bonds. The summed E-state index contributed by atoms with van der Waals surface area (Å²) in [5.74, 6) is 0.0435. The van der Waals surface area contributed by atoms with Crippen molar-refractivity contribution in [3.63, 3.8) is 0 Å². The Morgan fingerprint density at radius 1 is 1.23 bits per heavy atom. The highest BCUT2D eigenvalue weighted by Crippen LogP contribution is 2.37. The Morgan fingerprint density at radius 3 is 2.65 bits per heavy atom. The molecule has 0 saturated carbocycles. The molecule has 0 atom stereocenters. The number of benzene rings is 2. The lowest BCUT2D eigenvalue weighted by Crippen LogP contribution is -1.99. The smallest absolute Gasteiger partial charge is 0.173 e. The highest BCUT2D eigenvalue weighted by Gasteiger charge is 2.21. The summed E-state index contributed by atoms with van der Waals surface area (Å²) >= 11 is 0. The molecule has 0 radical (unpaired) electrons. The summed E-state index contributed by atoms with van der Waals surface area (Å²) in [6.07, 6.45) is 0. The quantitative estimate of drug-likeness (QED) is 0.528. The molecule has 0 unspecified atom stereocenters. The standard InChI is InChI=1S/C19H18FN5O/c1-10-3-5-11(6-4-10)16-18(26)17(25(2)24-16)19-22-14-7-12(9-21)13(20)8-15(14)23-19/h3-8,26H,9,21H2,1-2H3,(H,22,23). The van der Waals surface area contributed by atoms with E-state index in [1.54, 1.807) is 17.8 Å². The number of imidazole rings is 1. The number of halogens is 1. The molecule has 4 aromatic rings. The number of aromatic hydroxyl groups is 1. The first kappa shape index (κ1) is 16.3. The number of nitrogens with zero attached hydrogens (tertiary/aromatic N) is 3. The lowest BCUT2D eigenvalue weighted by molar-refractivity contribution is 0.478. The number of aryl methyl sites for hydroxylation is 2. The molecule has 0 fully saturated rings. The first-order valence-electron chi connectivity index (χ1n) is 8.19. The van der Waals surface area contributed by atoms with E-state index in [0.29, 0.717) is 33.8 Å². The van der Waals surface area contributed by atoms with E-state index < -0.39 is 5.82 Å². The summed E-state index contributed by atoms with van der Waals surface area (Å²) in [5, 5.41) is 15.1. The fourth-order valence-corrected chi connectivity index (χ4v) is 3.03. The van der Waals surface area contributed by atoms with Gasteiger partial charge in [0, 0.05) is 30.8 Å². The topological polar surface area (TPSA) is 92.8 Å². The van der Waals surface area contributed by atoms with Crippen LogP contribution in [0.15, 0.2) is 36.4 Å². The van der Waals surface area contributed by atoms with Gasteiger partial charge < -0.3 is 15.8 Å². The van der Waals surface area contributed by atoms with Crippen LogP contribution in [0.5, 0.6) is 5.75 Å². The third kappa shape index (κ3) is 2.53. The zero-order valence-electron chi connectivity index (χ0n) is 14.4. The second-order valence-corrected chi connectivity index (χ2v) is 6.29. The molecule has 0 aliphatic carbocycles. The number of H-pyrrole nitrogens is 1. The summed E-state index contributed by atoms with van der Waals surface area (Å²) in [4.78, 5) is 7.52. The molecule has 2 aromatic heterocycles. The van der Waals surface area contributed by atoms with E-state index in [1.165, 1.54) is 6.07 Å². The minimum atomic E-state index is -0.396. The van der Waals surface area contributed by atoms with Crippen LogP contribution in [0.4, 0.5) is 4.39 Å². The van der Waals surface area contributed by atoms with Gasteiger partial charge in [-0.25, -0.2) is 9.37 Å². The Balaban J connectivity index is 1.86. The molecule has 132 valence electrons. The largest absolute Gasteiger partial charge is 0.504 e. The van der Waals surface area contributed by atoms with Gasteiger partial charge in [-0.05, 0) is 13.0 Å². The minimum absolute atomic E-state index is 0.0231. The van der Waals surface area contributed by atoms with Crippen LogP contribution in [0, 0.1) is 12.7 Å². The molecule has 0 bridgehead atoms. The van der Waals surface area contributed by atoms with E-state index in [4.69, 9.17) is 5.73 Å². The van der Waals surface area contributed by atoms with Crippen molar-refractivity contribution >= 4 is 11.0 Å². The van der Waals surface area contributed by atoms with Crippen LogP contribution < -0.4 is 5.73 Å². The van der Waals surface area contributed by atoms with E-state index in [-0.39, 0.29) is 12.3 Å². The molecule has 0 aliphatic rings. The van der Waals surface area contributed by atoms with Gasteiger partial charge in [0.1, 0.15) is 17.2 Å². The average Bonchev–Trinajstić information content (AvgIpc) is 3.14. The second kappa shape index (κ2) is 5.96. The second-order valence-electron chi connectivity index (χ2n) is 6.29. The molecular weight excluding hydrogens is 333 g/mol. The predicted molar refractivity (Wildman–Crippen MR) is 98.0 cm³/mol. The van der Waals surface area contributed by atoms with Crippen LogP contribution >= 0.6 is 0 Å². The maximum Gasteiger partial charge on any atom is 0.173 e. The Hall–Kier alpha value is -3.19. The molecule has 0 aliphatic heterocycles. The van der Waals surface area contributed by atoms with Gasteiger partial charge in [-0.3, -0.25) is 4.68 Å². The van der Waals surface area contributed by atoms with Crippen LogP contribution in [0.2, 0.25) is 0 Å². The van der Waals surface area contributed by atoms with Gasteiger partial charge in [-0.2, -0.15) is 5.10 Å². The van der Waals surface area contributed by atoms with Crippen molar-refractivity contribution in [3.8, 4) is 28.5 Å². The van der Waals surface area contributed by atoms with Gasteiger partial charge >= 0.3 is 0 Å². The van der Waals surface area contributed by atoms with Gasteiger partial charge in [-0.1, -0.05) is 29.8 Å². The maximum absolute atomic E-state index is 13.9. The van der Waals surface area contributed by atoms with Gasteiger partial charge in [0.25, 0.3) is 0 Å². The first-order valence-corrected chi connectivity index (χ1v) is 8.19. The van der Waals surface area contributed by atoms with Crippen LogP contribution in [-0.2, 0) is 13.6 Å². The predicted octanol–water partition coefficient (Wildman–Crippen LogP) is 3.24. The summed E-state index contributed by atoms with van der Waals surface area (Å²) in [7, 11) is 1.73. The third-order valence-corrected chi connectivity index (χ3v) is 4.44. The molecule has 7 heteroatoms. The summed E-state index contributed by atoms with van der Waals surface area (Å²) in [5.41, 5.74) is 9.92. The van der Waals surface area contributed by atoms with Crippen molar-refractivity contribution in [1.82, 2.24) is 19.7 Å². The van der Waals surface area contributed by atoms with Crippen molar-refractivity contribution in [1.29, 1.82) is 0 Å². The number of rotatable bonds is 3. The fraction of sp³-hybridized carbons (Fsp3) is 0.158. The Labute approximate surface area is 149 Å². The van der Waals surface area contributed by atoms with Gasteiger partial charge in [-0.15, -0.1) is 0 Å². The maximum atomic E-state index is 13.9. The van der Waals surface area contributed by atoms with Crippen LogP contribution in [-0.4, -0.2) is 24.9 Å². The van der Waals surface area contributed by atoms with Gasteiger partial charge in [0.2, 0.25) is 0 Å². The zero-order valence-corrected chi connectivity index (χ0v) is 14.4. The number of hydrogen-bond donors (Lipinski definition) is 3. The number of fused-ring (bicyclic) bond motifs is 1. The van der Waals surface area contributed by atoms with Crippen molar-refractivity contribution in [3.05, 3.63) is 53.3 Å². The van der Waals surface area contributed by atoms with E-state index in [2.05, 4.69) is 15.1 Å². The number of hydrogen-bond acceptors (Lipinski definition) is 4. The molecule has 4 rings (SSSR count). The van der Waals surface area contributed by atoms with Crippen LogP contribution in [0.3, 0.4) is 0 Å². The monoisotopic (exact) mass is 351 g/mol. The molecule has 2 aromatic carbocycles. The summed E-state index contributed by atoms with van der Waals surface area (Å²) < 4.78 is 15.5. The van der Waals surface area contributed by atoms with E-state index in [1.807, 2.05) is 31.2 Å². The van der Waals surface area contributed by atoms with Crippen molar-refractivity contribution in [2.75, 3.05) is 0 Å². The minimum Gasteiger partial charge on any atom is -0.504 e. The van der Waals surface area contributed by atoms with Crippen LogP contribution in [0.25, 0.3) is 33.8 Å². The first-order chi connectivity index (χ1) is 12.5. The normalized spacial score (nSPS) is 11.4. The van der Waals surface area contributed by atoms with E-state index in [0.717, 1.165) is 11.1 Å². The number of nitrogens with one attached hydrogen (secondary N) is 1. The van der Waals surface area contributed by atoms with Crippen molar-refractivity contribution in [2.24, 2.45) is 12.8 Å². The Morgan fingerprint density at radius 2 is 1.96 bits per heavy atom. The van der Waals surface area contributed by atoms with Crippen molar-refractivity contribution < 1.29 is 9.50 Å². The number of nitrogens with two attached hydrogens (primary N) is 1. The summed E-state index contributed by atoms with van der Waals surface area (Å²) in [6, 6.07) is 10.7. The highest BCUT2D eigenvalue weighted by molar-refractivity contribution is 5.83. The molecule has 26 heavy (non-hydrogen) atoms. The van der Waals surface area contributed by atoms with E-state index >= 15 is 0 Å². The molecule has 2 heterocycles. The Kier molecular flexibility index (Phi) is 3.73. The van der Waals surface area contributed by atoms with Gasteiger partial charge in [0.15, 0.2) is 11.6 Å². The van der Waals surface area contributed by atoms with Crippen LogP contribution in [0.1, 0.15) is 11.1 Å². The lowest BCUT2D eigenvalue weighted by atomic mass is 10.1. The summed E-state index contributed by atoms with van der Waals surface area (Å²) in [6.45, 7) is 2.10. The molecule has 6 nitrogen and oxygen atoms in total. The zero-order chi connectivity index (χ0) is 18.4. The number of aromatic amines is 1. The molecule has 4 N–H and O–H groups in total. The lowest BCUT2D eigenvalue weighted by Gasteiger charge is -1.99. The third-order valence-electron chi connectivity index (χ3n) is 4.44. The highest BCUT2D eigenvalue weighted by atomic mass is 19.1.